The van der Waals surface area contributed by atoms with Gasteiger partial charge < -0.3 is 4.57 Å². The van der Waals surface area contributed by atoms with Crippen molar-refractivity contribution in [1.82, 2.24) is 19.5 Å². The molecule has 0 aliphatic rings. The third kappa shape index (κ3) is 1.39. The van der Waals surface area contributed by atoms with E-state index < -0.39 is 0 Å². The summed E-state index contributed by atoms with van der Waals surface area (Å²) in [7, 11) is 0. The van der Waals surface area contributed by atoms with E-state index in [1.54, 1.807) is 12.4 Å². The minimum atomic E-state index is 0.731. The molecular weight excluding hydrogens is 176 g/mol. The van der Waals surface area contributed by atoms with Crippen molar-refractivity contribution in [2.24, 2.45) is 0 Å². The van der Waals surface area contributed by atoms with Gasteiger partial charge in [-0.05, 0) is 19.9 Å². The fourth-order valence-electron chi connectivity index (χ4n) is 1.48. The van der Waals surface area contributed by atoms with Crippen molar-refractivity contribution in [2.45, 2.75) is 20.4 Å². The van der Waals surface area contributed by atoms with Gasteiger partial charge in [0.25, 0.3) is 0 Å². The van der Waals surface area contributed by atoms with Crippen LogP contribution in [0.25, 0.3) is 11.5 Å². The molecule has 4 heteroatoms. The molecule has 0 saturated carbocycles. The Morgan fingerprint density at radius 1 is 1.21 bits per heavy atom. The third-order valence-electron chi connectivity index (χ3n) is 2.17. The molecular formula is C10H12N4. The molecule has 2 aromatic rings. The highest BCUT2D eigenvalue weighted by Crippen LogP contribution is 2.15. The zero-order valence-corrected chi connectivity index (χ0v) is 8.31. The molecule has 14 heavy (non-hydrogen) atoms. The lowest BCUT2D eigenvalue weighted by atomic mass is 10.4. The number of aryl methyl sites for hydroxylation is 1. The van der Waals surface area contributed by atoms with E-state index in [2.05, 4.69) is 26.4 Å². The van der Waals surface area contributed by atoms with Crippen LogP contribution < -0.4 is 0 Å². The van der Waals surface area contributed by atoms with Crippen molar-refractivity contribution in [3.05, 3.63) is 30.5 Å². The summed E-state index contributed by atoms with van der Waals surface area (Å²) in [5.74, 6) is 1.73. The van der Waals surface area contributed by atoms with E-state index in [1.807, 2.05) is 19.2 Å². The smallest absolute Gasteiger partial charge is 0.177 e. The van der Waals surface area contributed by atoms with Crippen molar-refractivity contribution < 1.29 is 0 Å². The largest absolute Gasteiger partial charge is 0.326 e. The van der Waals surface area contributed by atoms with Crippen LogP contribution in [0.5, 0.6) is 0 Å². The fraction of sp³-hybridized carbons (Fsp3) is 0.300. The molecule has 0 fully saturated rings. The molecule has 2 aromatic heterocycles. The second-order valence-corrected chi connectivity index (χ2v) is 3.01. The van der Waals surface area contributed by atoms with Gasteiger partial charge in [-0.3, -0.25) is 0 Å². The van der Waals surface area contributed by atoms with E-state index in [0.717, 1.165) is 23.9 Å². The molecule has 2 rings (SSSR count). The van der Waals surface area contributed by atoms with Gasteiger partial charge in [0.15, 0.2) is 5.82 Å². The fourth-order valence-corrected chi connectivity index (χ4v) is 1.48. The molecule has 0 radical (unpaired) electrons. The van der Waals surface area contributed by atoms with E-state index in [0.29, 0.717) is 0 Å². The van der Waals surface area contributed by atoms with Gasteiger partial charge in [0.05, 0.1) is 6.20 Å². The highest BCUT2D eigenvalue weighted by atomic mass is 15.1. The van der Waals surface area contributed by atoms with E-state index in [-0.39, 0.29) is 0 Å². The summed E-state index contributed by atoms with van der Waals surface area (Å²) in [5.41, 5.74) is 0.977. The first-order chi connectivity index (χ1) is 6.83. The first-order valence-electron chi connectivity index (χ1n) is 4.62. The average Bonchev–Trinajstić information content (AvgIpc) is 2.61. The molecule has 0 aromatic carbocycles. The lowest BCUT2D eigenvalue weighted by Crippen LogP contribution is -2.01. The maximum absolute atomic E-state index is 4.25. The van der Waals surface area contributed by atoms with Crippen molar-refractivity contribution >= 4 is 0 Å². The second-order valence-electron chi connectivity index (χ2n) is 3.01. The van der Waals surface area contributed by atoms with Crippen LogP contribution in [0, 0.1) is 6.92 Å². The number of hydrogen-bond donors (Lipinski definition) is 0. The van der Waals surface area contributed by atoms with Crippen molar-refractivity contribution in [2.75, 3.05) is 0 Å². The molecule has 0 N–H and O–H groups in total. The van der Waals surface area contributed by atoms with Gasteiger partial charge in [-0.2, -0.15) is 0 Å². The number of aromatic nitrogens is 4. The SMILES string of the molecule is CCn1c(-c2ncccn2)cnc1C. The minimum absolute atomic E-state index is 0.731. The molecule has 0 spiro atoms. The van der Waals surface area contributed by atoms with Crippen LogP contribution in [0.15, 0.2) is 24.7 Å². The highest BCUT2D eigenvalue weighted by Gasteiger charge is 2.08. The monoisotopic (exact) mass is 188 g/mol. The minimum Gasteiger partial charge on any atom is -0.326 e. The van der Waals surface area contributed by atoms with Crippen LogP contribution in [-0.4, -0.2) is 19.5 Å². The molecule has 0 atom stereocenters. The predicted molar refractivity (Wildman–Crippen MR) is 53.7 cm³/mol. The van der Waals surface area contributed by atoms with Gasteiger partial charge in [0, 0.05) is 18.9 Å². The van der Waals surface area contributed by atoms with Gasteiger partial charge in [0.2, 0.25) is 0 Å². The van der Waals surface area contributed by atoms with Gasteiger partial charge >= 0.3 is 0 Å². The van der Waals surface area contributed by atoms with Crippen molar-refractivity contribution in [3.63, 3.8) is 0 Å². The maximum atomic E-state index is 4.25. The van der Waals surface area contributed by atoms with Crippen LogP contribution >= 0.6 is 0 Å². The molecule has 72 valence electrons. The van der Waals surface area contributed by atoms with Crippen LogP contribution in [0.2, 0.25) is 0 Å². The number of rotatable bonds is 2. The van der Waals surface area contributed by atoms with Crippen LogP contribution in [0.4, 0.5) is 0 Å². The Morgan fingerprint density at radius 3 is 2.57 bits per heavy atom. The summed E-state index contributed by atoms with van der Waals surface area (Å²) in [5, 5.41) is 0. The van der Waals surface area contributed by atoms with Gasteiger partial charge in [-0.15, -0.1) is 0 Å². The zero-order valence-electron chi connectivity index (χ0n) is 8.31. The number of nitrogens with zero attached hydrogens (tertiary/aromatic N) is 4. The van der Waals surface area contributed by atoms with Gasteiger partial charge in [-0.25, -0.2) is 15.0 Å². The zero-order chi connectivity index (χ0) is 9.97. The molecule has 0 unspecified atom stereocenters. The first kappa shape index (κ1) is 8.87. The van der Waals surface area contributed by atoms with Crippen LogP contribution in [0.1, 0.15) is 12.7 Å². The molecule has 0 aliphatic carbocycles. The van der Waals surface area contributed by atoms with E-state index in [4.69, 9.17) is 0 Å². The summed E-state index contributed by atoms with van der Waals surface area (Å²) in [6.07, 6.45) is 5.30. The summed E-state index contributed by atoms with van der Waals surface area (Å²) in [6, 6.07) is 1.81. The van der Waals surface area contributed by atoms with Gasteiger partial charge in [-0.1, -0.05) is 0 Å². The summed E-state index contributed by atoms with van der Waals surface area (Å²) >= 11 is 0. The quantitative estimate of drug-likeness (QED) is 0.720. The summed E-state index contributed by atoms with van der Waals surface area (Å²) < 4.78 is 2.09. The Kier molecular flexibility index (Phi) is 2.26. The third-order valence-corrected chi connectivity index (χ3v) is 2.17. The molecule has 0 bridgehead atoms. The normalized spacial score (nSPS) is 10.4. The number of hydrogen-bond acceptors (Lipinski definition) is 3. The Labute approximate surface area is 82.7 Å². The summed E-state index contributed by atoms with van der Waals surface area (Å²) in [6.45, 7) is 4.95. The Bertz CT molecular complexity index is 419. The maximum Gasteiger partial charge on any atom is 0.177 e. The second kappa shape index (κ2) is 3.57. The van der Waals surface area contributed by atoms with E-state index >= 15 is 0 Å². The Morgan fingerprint density at radius 2 is 1.93 bits per heavy atom. The first-order valence-corrected chi connectivity index (χ1v) is 4.62. The highest BCUT2D eigenvalue weighted by molar-refractivity contribution is 5.48. The van der Waals surface area contributed by atoms with Crippen LogP contribution in [0.3, 0.4) is 0 Å². The summed E-state index contributed by atoms with van der Waals surface area (Å²) in [4.78, 5) is 12.6. The average molecular weight is 188 g/mol. The van der Waals surface area contributed by atoms with Crippen molar-refractivity contribution in [1.29, 1.82) is 0 Å². The van der Waals surface area contributed by atoms with Crippen LogP contribution in [-0.2, 0) is 6.54 Å². The molecule has 0 aliphatic heterocycles. The van der Waals surface area contributed by atoms with E-state index in [9.17, 15) is 0 Å². The Balaban J connectivity index is 2.52. The standard InChI is InChI=1S/C10H12N4/c1-3-14-8(2)13-7-9(14)10-11-5-4-6-12-10/h4-7H,3H2,1-2H3. The van der Waals surface area contributed by atoms with Gasteiger partial charge in [0.1, 0.15) is 11.5 Å². The predicted octanol–water partition coefficient (Wildman–Crippen LogP) is 1.67. The topological polar surface area (TPSA) is 43.6 Å². The van der Waals surface area contributed by atoms with E-state index in [1.165, 1.54) is 0 Å². The Hall–Kier alpha value is -1.71. The lowest BCUT2D eigenvalue weighted by Gasteiger charge is -2.04. The molecule has 0 amide bonds. The molecule has 0 saturated heterocycles. The number of imidazole rings is 1. The molecule has 4 nitrogen and oxygen atoms in total. The molecule has 2 heterocycles. The lowest BCUT2D eigenvalue weighted by molar-refractivity contribution is 0.733. The van der Waals surface area contributed by atoms with Crippen molar-refractivity contribution in [3.8, 4) is 11.5 Å².